The summed E-state index contributed by atoms with van der Waals surface area (Å²) in [6.07, 6.45) is 5.63. The first-order valence-electron chi connectivity index (χ1n) is 9.30. The van der Waals surface area contributed by atoms with Crippen molar-refractivity contribution >= 4 is 23.0 Å². The van der Waals surface area contributed by atoms with Crippen molar-refractivity contribution in [3.8, 4) is 0 Å². The highest BCUT2D eigenvalue weighted by molar-refractivity contribution is 6.04. The van der Waals surface area contributed by atoms with Gasteiger partial charge in [0.25, 0.3) is 5.91 Å². The summed E-state index contributed by atoms with van der Waals surface area (Å²) in [4.78, 5) is 19.3. The summed E-state index contributed by atoms with van der Waals surface area (Å²) >= 11 is 0. The molecule has 0 aliphatic carbocycles. The molecule has 27 heavy (non-hydrogen) atoms. The third-order valence-electron chi connectivity index (χ3n) is 4.89. The molecule has 4 nitrogen and oxygen atoms in total. The van der Waals surface area contributed by atoms with Crippen molar-refractivity contribution in [2.24, 2.45) is 0 Å². The maximum absolute atomic E-state index is 12.7. The van der Waals surface area contributed by atoms with Crippen LogP contribution in [0.1, 0.15) is 33.5 Å². The van der Waals surface area contributed by atoms with Gasteiger partial charge in [-0.1, -0.05) is 24.3 Å². The Bertz CT molecular complexity index is 976. The molecular weight excluding hydrogens is 334 g/mol. The molecule has 0 fully saturated rings. The molecule has 4 heteroatoms. The van der Waals surface area contributed by atoms with Crippen molar-refractivity contribution in [1.29, 1.82) is 0 Å². The molecule has 1 aromatic heterocycles. The molecule has 1 amide bonds. The standard InChI is InChI=1S/C23H23N3O/c1-16-10-17(2)12-20(11-16)25-23(27)19-13-21(15-24-14-19)26-9-5-7-18-6-3-4-8-22(18)26/h3-4,6,8,10-15H,5,7,9H2,1-2H3,(H,25,27). The van der Waals surface area contributed by atoms with Crippen LogP contribution in [0.5, 0.6) is 0 Å². The number of aryl methyl sites for hydroxylation is 3. The number of hydrogen-bond donors (Lipinski definition) is 1. The quantitative estimate of drug-likeness (QED) is 0.715. The number of aromatic nitrogens is 1. The third kappa shape index (κ3) is 3.70. The van der Waals surface area contributed by atoms with E-state index in [1.807, 2.05) is 38.2 Å². The first-order chi connectivity index (χ1) is 13.1. The smallest absolute Gasteiger partial charge is 0.257 e. The van der Waals surface area contributed by atoms with Gasteiger partial charge in [-0.3, -0.25) is 9.78 Å². The van der Waals surface area contributed by atoms with Crippen LogP contribution < -0.4 is 10.2 Å². The van der Waals surface area contributed by atoms with Gasteiger partial charge >= 0.3 is 0 Å². The molecule has 136 valence electrons. The van der Waals surface area contributed by atoms with Crippen LogP contribution in [-0.2, 0) is 6.42 Å². The van der Waals surface area contributed by atoms with E-state index in [0.29, 0.717) is 5.56 Å². The number of carbonyl (C=O) groups is 1. The summed E-state index contributed by atoms with van der Waals surface area (Å²) in [6.45, 7) is 4.98. The summed E-state index contributed by atoms with van der Waals surface area (Å²) in [7, 11) is 0. The Kier molecular flexibility index (Phi) is 4.63. The first-order valence-corrected chi connectivity index (χ1v) is 9.30. The Morgan fingerprint density at radius 3 is 2.63 bits per heavy atom. The van der Waals surface area contributed by atoms with Crippen LogP contribution in [0.25, 0.3) is 0 Å². The fraction of sp³-hybridized carbons (Fsp3) is 0.217. The second-order valence-electron chi connectivity index (χ2n) is 7.15. The fourth-order valence-corrected chi connectivity index (χ4v) is 3.75. The van der Waals surface area contributed by atoms with E-state index in [0.717, 1.165) is 41.9 Å². The number of para-hydroxylation sites is 1. The van der Waals surface area contributed by atoms with E-state index >= 15 is 0 Å². The lowest BCUT2D eigenvalue weighted by Crippen LogP contribution is -2.25. The highest BCUT2D eigenvalue weighted by Gasteiger charge is 2.19. The summed E-state index contributed by atoms with van der Waals surface area (Å²) in [5, 5.41) is 2.99. The molecule has 0 radical (unpaired) electrons. The zero-order chi connectivity index (χ0) is 18.8. The summed E-state index contributed by atoms with van der Waals surface area (Å²) in [5.41, 5.74) is 7.13. The summed E-state index contributed by atoms with van der Waals surface area (Å²) in [6, 6.07) is 16.4. The molecule has 1 aliphatic rings. The van der Waals surface area contributed by atoms with Crippen LogP contribution in [0.3, 0.4) is 0 Å². The molecule has 0 atom stereocenters. The van der Waals surface area contributed by atoms with Crippen LogP contribution in [0.4, 0.5) is 17.1 Å². The average Bonchev–Trinajstić information content (AvgIpc) is 2.67. The van der Waals surface area contributed by atoms with Crippen molar-refractivity contribution in [2.45, 2.75) is 26.7 Å². The zero-order valence-electron chi connectivity index (χ0n) is 15.7. The molecular formula is C23H23N3O. The Labute approximate surface area is 159 Å². The molecule has 3 aromatic rings. The van der Waals surface area contributed by atoms with Crippen molar-refractivity contribution in [2.75, 3.05) is 16.8 Å². The normalized spacial score (nSPS) is 13.2. The van der Waals surface area contributed by atoms with Gasteiger partial charge in [0.05, 0.1) is 17.4 Å². The number of carbonyl (C=O) groups excluding carboxylic acids is 1. The predicted molar refractivity (Wildman–Crippen MR) is 110 cm³/mol. The van der Waals surface area contributed by atoms with Gasteiger partial charge in [-0.25, -0.2) is 0 Å². The van der Waals surface area contributed by atoms with Gasteiger partial charge in [-0.15, -0.1) is 0 Å². The third-order valence-corrected chi connectivity index (χ3v) is 4.89. The number of nitrogens with one attached hydrogen (secondary N) is 1. The molecule has 0 saturated heterocycles. The molecule has 0 unspecified atom stereocenters. The van der Waals surface area contributed by atoms with Gasteiger partial charge in [0.1, 0.15) is 0 Å². The molecule has 0 bridgehead atoms. The number of nitrogens with zero attached hydrogens (tertiary/aromatic N) is 2. The van der Waals surface area contributed by atoms with Crippen LogP contribution in [0.15, 0.2) is 60.9 Å². The monoisotopic (exact) mass is 357 g/mol. The van der Waals surface area contributed by atoms with E-state index in [1.54, 1.807) is 6.20 Å². The van der Waals surface area contributed by atoms with Gasteiger partial charge in [0.2, 0.25) is 0 Å². The lowest BCUT2D eigenvalue weighted by atomic mass is 10.0. The van der Waals surface area contributed by atoms with E-state index in [2.05, 4.69) is 45.5 Å². The van der Waals surface area contributed by atoms with E-state index < -0.39 is 0 Å². The van der Waals surface area contributed by atoms with Crippen LogP contribution in [0.2, 0.25) is 0 Å². The maximum atomic E-state index is 12.7. The van der Waals surface area contributed by atoms with Crippen molar-refractivity contribution < 1.29 is 4.79 Å². The minimum Gasteiger partial charge on any atom is -0.340 e. The number of anilines is 3. The Morgan fingerprint density at radius 1 is 1.04 bits per heavy atom. The first kappa shape index (κ1) is 17.3. The number of rotatable bonds is 3. The molecule has 4 rings (SSSR count). The van der Waals surface area contributed by atoms with Crippen molar-refractivity contribution in [3.63, 3.8) is 0 Å². The van der Waals surface area contributed by atoms with Crippen LogP contribution in [-0.4, -0.2) is 17.4 Å². The zero-order valence-corrected chi connectivity index (χ0v) is 15.7. The van der Waals surface area contributed by atoms with Crippen molar-refractivity contribution in [3.05, 3.63) is 83.2 Å². The van der Waals surface area contributed by atoms with Gasteiger partial charge in [-0.05, 0) is 67.6 Å². The van der Waals surface area contributed by atoms with E-state index in [9.17, 15) is 4.79 Å². The summed E-state index contributed by atoms with van der Waals surface area (Å²) in [5.74, 6) is -0.139. The molecule has 0 saturated carbocycles. The van der Waals surface area contributed by atoms with Gasteiger partial charge in [-0.2, -0.15) is 0 Å². The minimum absolute atomic E-state index is 0.139. The average molecular weight is 357 g/mol. The lowest BCUT2D eigenvalue weighted by molar-refractivity contribution is 0.102. The Hall–Kier alpha value is -3.14. The Balaban J connectivity index is 1.60. The predicted octanol–water partition coefficient (Wildman–Crippen LogP) is 5.04. The number of hydrogen-bond acceptors (Lipinski definition) is 3. The van der Waals surface area contributed by atoms with Gasteiger partial charge in [0, 0.05) is 24.1 Å². The Morgan fingerprint density at radius 2 is 1.81 bits per heavy atom. The van der Waals surface area contributed by atoms with E-state index in [4.69, 9.17) is 0 Å². The van der Waals surface area contributed by atoms with Gasteiger partial charge < -0.3 is 10.2 Å². The number of fused-ring (bicyclic) bond motifs is 1. The van der Waals surface area contributed by atoms with Crippen LogP contribution in [0, 0.1) is 13.8 Å². The molecule has 2 aromatic carbocycles. The number of amides is 1. The highest BCUT2D eigenvalue weighted by atomic mass is 16.1. The fourth-order valence-electron chi connectivity index (χ4n) is 3.75. The lowest BCUT2D eigenvalue weighted by Gasteiger charge is -2.31. The molecule has 1 N–H and O–H groups in total. The highest BCUT2D eigenvalue weighted by Crippen LogP contribution is 2.33. The molecule has 1 aliphatic heterocycles. The largest absolute Gasteiger partial charge is 0.340 e. The SMILES string of the molecule is Cc1cc(C)cc(NC(=O)c2cncc(N3CCCc4ccccc43)c2)c1. The van der Waals surface area contributed by atoms with Gasteiger partial charge in [0.15, 0.2) is 0 Å². The second-order valence-corrected chi connectivity index (χ2v) is 7.15. The van der Waals surface area contributed by atoms with Crippen molar-refractivity contribution in [1.82, 2.24) is 4.98 Å². The summed E-state index contributed by atoms with van der Waals surface area (Å²) < 4.78 is 0. The molecule has 2 heterocycles. The second kappa shape index (κ2) is 7.23. The van der Waals surface area contributed by atoms with E-state index in [-0.39, 0.29) is 5.91 Å². The number of pyridine rings is 1. The maximum Gasteiger partial charge on any atom is 0.257 e. The topological polar surface area (TPSA) is 45.2 Å². The molecule has 0 spiro atoms. The number of benzene rings is 2. The van der Waals surface area contributed by atoms with E-state index in [1.165, 1.54) is 11.3 Å². The minimum atomic E-state index is -0.139. The van der Waals surface area contributed by atoms with Crippen LogP contribution >= 0.6 is 0 Å².